The molecule has 1 atom stereocenters. The first-order valence-corrected chi connectivity index (χ1v) is 8.62. The van der Waals surface area contributed by atoms with Gasteiger partial charge in [0.15, 0.2) is 10.1 Å². The quantitative estimate of drug-likeness (QED) is 0.563. The summed E-state index contributed by atoms with van der Waals surface area (Å²) in [7, 11) is 0. The SMILES string of the molecule is CC(=N)C(C#N)C(=O)CSc1nnc(NCc2ccccc2)s1. The molecule has 0 radical (unpaired) electrons. The van der Waals surface area contributed by atoms with E-state index in [0.29, 0.717) is 16.0 Å². The van der Waals surface area contributed by atoms with Crippen LogP contribution < -0.4 is 5.32 Å². The predicted octanol–water partition coefficient (Wildman–Crippen LogP) is 2.99. The van der Waals surface area contributed by atoms with E-state index in [1.54, 1.807) is 0 Å². The molecule has 0 aliphatic rings. The molecule has 0 saturated carbocycles. The second kappa shape index (κ2) is 8.41. The molecule has 1 aromatic carbocycles. The zero-order chi connectivity index (χ0) is 16.7. The maximum Gasteiger partial charge on any atom is 0.206 e. The molecule has 1 unspecified atom stereocenters. The second-order valence-corrected chi connectivity index (χ2v) is 6.91. The van der Waals surface area contributed by atoms with Crippen LogP contribution in [0.4, 0.5) is 5.13 Å². The Morgan fingerprint density at radius 3 is 2.83 bits per heavy atom. The molecule has 2 aromatic rings. The van der Waals surface area contributed by atoms with Crippen LogP contribution in [0.3, 0.4) is 0 Å². The highest BCUT2D eigenvalue weighted by Crippen LogP contribution is 2.26. The van der Waals surface area contributed by atoms with Crippen LogP contribution in [0.5, 0.6) is 0 Å². The highest BCUT2D eigenvalue weighted by Gasteiger charge is 2.20. The zero-order valence-electron chi connectivity index (χ0n) is 12.4. The average molecular weight is 345 g/mol. The summed E-state index contributed by atoms with van der Waals surface area (Å²) in [6.45, 7) is 2.12. The van der Waals surface area contributed by atoms with Gasteiger partial charge in [-0.2, -0.15) is 5.26 Å². The number of hydrogen-bond acceptors (Lipinski definition) is 8. The van der Waals surface area contributed by atoms with Crippen LogP contribution in [0.15, 0.2) is 34.7 Å². The van der Waals surface area contributed by atoms with Crippen molar-refractivity contribution < 1.29 is 4.79 Å². The van der Waals surface area contributed by atoms with Crippen molar-refractivity contribution >= 4 is 39.7 Å². The number of carbonyl (C=O) groups is 1. The van der Waals surface area contributed by atoms with Crippen molar-refractivity contribution in [1.82, 2.24) is 10.2 Å². The Hall–Kier alpha value is -2.24. The summed E-state index contributed by atoms with van der Waals surface area (Å²) in [5.41, 5.74) is 1.21. The van der Waals surface area contributed by atoms with Crippen LogP contribution in [0.2, 0.25) is 0 Å². The molecule has 0 spiro atoms. The monoisotopic (exact) mass is 345 g/mol. The van der Waals surface area contributed by atoms with E-state index in [2.05, 4.69) is 15.5 Å². The van der Waals surface area contributed by atoms with Crippen LogP contribution in [0.25, 0.3) is 0 Å². The van der Waals surface area contributed by atoms with E-state index in [9.17, 15) is 4.79 Å². The Balaban J connectivity index is 1.84. The minimum absolute atomic E-state index is 0.0700. The number of ketones is 1. The van der Waals surface area contributed by atoms with E-state index < -0.39 is 5.92 Å². The number of nitrogens with one attached hydrogen (secondary N) is 2. The zero-order valence-corrected chi connectivity index (χ0v) is 14.1. The van der Waals surface area contributed by atoms with Crippen molar-refractivity contribution in [3.8, 4) is 6.07 Å². The van der Waals surface area contributed by atoms with Crippen LogP contribution in [0.1, 0.15) is 12.5 Å². The van der Waals surface area contributed by atoms with Gasteiger partial charge >= 0.3 is 0 Å². The predicted molar refractivity (Wildman–Crippen MR) is 91.9 cm³/mol. The molecule has 2 rings (SSSR count). The van der Waals surface area contributed by atoms with E-state index in [0.717, 1.165) is 5.56 Å². The maximum absolute atomic E-state index is 11.9. The highest BCUT2D eigenvalue weighted by atomic mass is 32.2. The van der Waals surface area contributed by atoms with Crippen LogP contribution in [-0.4, -0.2) is 27.4 Å². The number of anilines is 1. The largest absolute Gasteiger partial charge is 0.356 e. The summed E-state index contributed by atoms with van der Waals surface area (Å²) in [6.07, 6.45) is 0. The average Bonchev–Trinajstić information content (AvgIpc) is 3.00. The fraction of sp³-hybridized carbons (Fsp3) is 0.267. The van der Waals surface area contributed by atoms with Crippen molar-refractivity contribution in [3.63, 3.8) is 0 Å². The minimum atomic E-state index is -0.967. The molecule has 23 heavy (non-hydrogen) atoms. The third-order valence-electron chi connectivity index (χ3n) is 2.92. The summed E-state index contributed by atoms with van der Waals surface area (Å²) in [5, 5.41) is 28.2. The Morgan fingerprint density at radius 2 is 2.17 bits per heavy atom. The lowest BCUT2D eigenvalue weighted by Gasteiger charge is -2.04. The highest BCUT2D eigenvalue weighted by molar-refractivity contribution is 8.01. The number of thioether (sulfide) groups is 1. The molecule has 0 saturated heterocycles. The number of aromatic nitrogens is 2. The molecule has 8 heteroatoms. The lowest BCUT2D eigenvalue weighted by molar-refractivity contribution is -0.117. The van der Waals surface area contributed by atoms with Crippen molar-refractivity contribution in [2.75, 3.05) is 11.1 Å². The number of nitrogens with zero attached hydrogens (tertiary/aromatic N) is 3. The van der Waals surface area contributed by atoms with E-state index >= 15 is 0 Å². The summed E-state index contributed by atoms with van der Waals surface area (Å²) in [6, 6.07) is 11.8. The Kier molecular flexibility index (Phi) is 6.26. The minimum Gasteiger partial charge on any atom is -0.356 e. The topological polar surface area (TPSA) is 103 Å². The Labute approximate surface area is 142 Å². The standard InChI is InChI=1S/C15H15N5OS2/c1-10(17)12(7-16)13(21)9-22-15-20-19-14(23-15)18-8-11-5-3-2-4-6-11/h2-6,12,17H,8-9H2,1H3,(H,18,19). The van der Waals surface area contributed by atoms with Gasteiger partial charge < -0.3 is 10.7 Å². The number of hydrogen-bond donors (Lipinski definition) is 2. The summed E-state index contributed by atoms with van der Waals surface area (Å²) in [4.78, 5) is 11.9. The van der Waals surface area contributed by atoms with Gasteiger partial charge in [-0.3, -0.25) is 4.79 Å². The molecule has 0 bridgehead atoms. The molecule has 0 aliphatic carbocycles. The number of nitriles is 1. The first-order chi connectivity index (χ1) is 11.1. The van der Waals surface area contributed by atoms with Crippen LogP contribution >= 0.6 is 23.1 Å². The van der Waals surface area contributed by atoms with Gasteiger partial charge in [-0.1, -0.05) is 53.4 Å². The van der Waals surface area contributed by atoms with Crippen LogP contribution in [-0.2, 0) is 11.3 Å². The van der Waals surface area contributed by atoms with Gasteiger partial charge in [0, 0.05) is 12.3 Å². The van der Waals surface area contributed by atoms with Gasteiger partial charge in [0.2, 0.25) is 5.13 Å². The van der Waals surface area contributed by atoms with Crippen molar-refractivity contribution in [2.24, 2.45) is 5.92 Å². The summed E-state index contributed by atoms with van der Waals surface area (Å²) in [5.74, 6) is -1.13. The first-order valence-electron chi connectivity index (χ1n) is 6.81. The smallest absolute Gasteiger partial charge is 0.206 e. The number of rotatable bonds is 8. The van der Waals surface area contributed by atoms with Gasteiger partial charge in [0.05, 0.1) is 11.8 Å². The number of benzene rings is 1. The van der Waals surface area contributed by atoms with Gasteiger partial charge in [0.1, 0.15) is 5.92 Å². The molecule has 0 fully saturated rings. The summed E-state index contributed by atoms with van der Waals surface area (Å²) < 4.78 is 0.660. The molecule has 0 aliphatic heterocycles. The van der Waals surface area contributed by atoms with Crippen molar-refractivity contribution in [1.29, 1.82) is 10.7 Å². The first kappa shape index (κ1) is 17.1. The molecule has 2 N–H and O–H groups in total. The van der Waals surface area contributed by atoms with E-state index in [1.807, 2.05) is 36.4 Å². The van der Waals surface area contributed by atoms with Gasteiger partial charge in [-0.25, -0.2) is 0 Å². The lowest BCUT2D eigenvalue weighted by atomic mass is 10.0. The molecular weight excluding hydrogens is 330 g/mol. The molecule has 118 valence electrons. The van der Waals surface area contributed by atoms with Crippen LogP contribution in [0, 0.1) is 22.7 Å². The third kappa shape index (κ3) is 5.16. The van der Waals surface area contributed by atoms with E-state index in [-0.39, 0.29) is 17.2 Å². The molecule has 1 heterocycles. The van der Waals surface area contributed by atoms with Crippen molar-refractivity contribution in [2.45, 2.75) is 17.8 Å². The fourth-order valence-corrected chi connectivity index (χ4v) is 3.39. The molecular formula is C15H15N5OS2. The van der Waals surface area contributed by atoms with Gasteiger partial charge in [-0.05, 0) is 12.5 Å². The fourth-order valence-electron chi connectivity index (χ4n) is 1.74. The lowest BCUT2D eigenvalue weighted by Crippen LogP contribution is -2.21. The third-order valence-corrected chi connectivity index (χ3v) is 4.95. The number of carbonyl (C=O) groups excluding carboxylic acids is 1. The summed E-state index contributed by atoms with van der Waals surface area (Å²) >= 11 is 2.60. The van der Waals surface area contributed by atoms with Gasteiger partial charge in [0.25, 0.3) is 0 Å². The molecule has 1 aromatic heterocycles. The Bertz CT molecular complexity index is 723. The normalized spacial score (nSPS) is 11.5. The second-order valence-electron chi connectivity index (χ2n) is 4.71. The molecule has 6 nitrogen and oxygen atoms in total. The van der Waals surface area contributed by atoms with Crippen molar-refractivity contribution in [3.05, 3.63) is 35.9 Å². The number of Topliss-reactive ketones (excluding diaryl/α,β-unsaturated/α-hetero) is 1. The molecule has 0 amide bonds. The maximum atomic E-state index is 11.9. The Morgan fingerprint density at radius 1 is 1.43 bits per heavy atom. The van der Waals surface area contributed by atoms with E-state index in [1.165, 1.54) is 30.0 Å². The van der Waals surface area contributed by atoms with Gasteiger partial charge in [-0.15, -0.1) is 10.2 Å². The van der Waals surface area contributed by atoms with E-state index in [4.69, 9.17) is 10.7 Å².